The number of nitrogens with zero attached hydrogens (tertiary/aromatic N) is 1. The minimum absolute atomic E-state index is 0.144. The van der Waals surface area contributed by atoms with Crippen molar-refractivity contribution in [3.8, 4) is 5.75 Å². The number of likely N-dealkylation sites (N-methyl/N-ethyl adjacent to an activating group) is 1. The predicted molar refractivity (Wildman–Crippen MR) is 80.8 cm³/mol. The van der Waals surface area contributed by atoms with Crippen molar-refractivity contribution in [3.63, 3.8) is 0 Å². The van der Waals surface area contributed by atoms with Crippen molar-refractivity contribution in [1.82, 2.24) is 4.90 Å². The summed E-state index contributed by atoms with van der Waals surface area (Å²) in [7, 11) is 2.97. The number of halogens is 2. The summed E-state index contributed by atoms with van der Waals surface area (Å²) < 4.78 is 9.88. The summed E-state index contributed by atoms with van der Waals surface area (Å²) >= 11 is 11.8. The Kier molecular flexibility index (Phi) is 7.32. The van der Waals surface area contributed by atoms with Gasteiger partial charge in [0.2, 0.25) is 0 Å². The molecule has 0 aliphatic rings. The van der Waals surface area contributed by atoms with Crippen LogP contribution in [0.15, 0.2) is 18.2 Å². The Balaban J connectivity index is 2.39. The summed E-state index contributed by atoms with van der Waals surface area (Å²) in [5.74, 6) is -0.144. The highest BCUT2D eigenvalue weighted by Gasteiger charge is 2.12. The van der Waals surface area contributed by atoms with Gasteiger partial charge in [0, 0.05) is 31.1 Å². The molecule has 1 aromatic rings. The molecule has 1 aromatic carbocycles. The van der Waals surface area contributed by atoms with Gasteiger partial charge in [-0.1, -0.05) is 23.2 Å². The molecule has 0 aliphatic carbocycles. The van der Waals surface area contributed by atoms with E-state index in [4.69, 9.17) is 27.9 Å². The highest BCUT2D eigenvalue weighted by atomic mass is 35.5. The van der Waals surface area contributed by atoms with Gasteiger partial charge in [-0.15, -0.1) is 0 Å². The first-order chi connectivity index (χ1) is 9.93. The van der Waals surface area contributed by atoms with Gasteiger partial charge in [-0.05, 0) is 18.6 Å². The lowest BCUT2D eigenvalue weighted by Gasteiger charge is -2.17. The molecule has 1 amide bonds. The number of ether oxygens (including phenoxy) is 2. The minimum Gasteiger partial charge on any atom is -0.482 e. The smallest absolute Gasteiger partial charge is 0.305 e. The van der Waals surface area contributed by atoms with E-state index in [0.717, 1.165) is 0 Å². The van der Waals surface area contributed by atoms with Crippen molar-refractivity contribution in [2.45, 2.75) is 12.8 Å². The van der Waals surface area contributed by atoms with Gasteiger partial charge in [0.05, 0.1) is 12.1 Å². The number of methoxy groups -OCH3 is 1. The van der Waals surface area contributed by atoms with E-state index in [0.29, 0.717) is 28.8 Å². The van der Waals surface area contributed by atoms with Crippen molar-refractivity contribution in [3.05, 3.63) is 28.2 Å². The van der Waals surface area contributed by atoms with Crippen LogP contribution in [0.1, 0.15) is 12.8 Å². The maximum Gasteiger partial charge on any atom is 0.305 e. The topological polar surface area (TPSA) is 55.8 Å². The number of rotatable bonds is 7. The average molecular weight is 334 g/mol. The third-order valence-corrected chi connectivity index (χ3v) is 3.32. The van der Waals surface area contributed by atoms with Gasteiger partial charge < -0.3 is 14.4 Å². The Hall–Kier alpha value is -1.46. The van der Waals surface area contributed by atoms with Crippen molar-refractivity contribution in [2.75, 3.05) is 27.3 Å². The first kappa shape index (κ1) is 17.6. The number of hydrogen-bond donors (Lipinski definition) is 0. The van der Waals surface area contributed by atoms with Gasteiger partial charge in [0.25, 0.3) is 5.91 Å². The molecule has 7 heteroatoms. The third kappa shape index (κ3) is 6.23. The largest absolute Gasteiger partial charge is 0.482 e. The van der Waals surface area contributed by atoms with E-state index in [1.165, 1.54) is 12.0 Å². The number of esters is 1. The molecule has 0 unspecified atom stereocenters. The second kappa shape index (κ2) is 8.74. The Morgan fingerprint density at radius 2 is 2.00 bits per heavy atom. The Bertz CT molecular complexity index is 508. The van der Waals surface area contributed by atoms with E-state index in [-0.39, 0.29) is 24.9 Å². The number of amides is 1. The fourth-order valence-electron chi connectivity index (χ4n) is 1.52. The zero-order valence-electron chi connectivity index (χ0n) is 11.9. The van der Waals surface area contributed by atoms with Crippen LogP contribution >= 0.6 is 23.2 Å². The highest BCUT2D eigenvalue weighted by molar-refractivity contribution is 6.34. The number of hydrogen-bond acceptors (Lipinski definition) is 4. The van der Waals surface area contributed by atoms with Crippen LogP contribution in [0.4, 0.5) is 0 Å². The van der Waals surface area contributed by atoms with E-state index in [2.05, 4.69) is 4.74 Å². The average Bonchev–Trinajstić information content (AvgIpc) is 2.47. The molecule has 5 nitrogen and oxygen atoms in total. The van der Waals surface area contributed by atoms with Gasteiger partial charge in [-0.25, -0.2) is 0 Å². The lowest BCUT2D eigenvalue weighted by Crippen LogP contribution is -2.32. The van der Waals surface area contributed by atoms with Gasteiger partial charge in [0.15, 0.2) is 6.61 Å². The summed E-state index contributed by atoms with van der Waals surface area (Å²) in [5.41, 5.74) is 0. The maximum absolute atomic E-state index is 11.9. The lowest BCUT2D eigenvalue weighted by atomic mass is 10.3. The van der Waals surface area contributed by atoms with Crippen LogP contribution in [0, 0.1) is 0 Å². The number of benzene rings is 1. The van der Waals surface area contributed by atoms with Crippen LogP contribution in [-0.4, -0.2) is 44.1 Å². The van der Waals surface area contributed by atoms with Crippen molar-refractivity contribution < 1.29 is 19.1 Å². The van der Waals surface area contributed by atoms with Crippen LogP contribution < -0.4 is 4.74 Å². The Morgan fingerprint density at radius 3 is 2.67 bits per heavy atom. The third-order valence-electron chi connectivity index (χ3n) is 2.77. The van der Waals surface area contributed by atoms with Gasteiger partial charge in [-0.2, -0.15) is 0 Å². The maximum atomic E-state index is 11.9. The summed E-state index contributed by atoms with van der Waals surface area (Å²) in [6.45, 7) is 0.301. The summed E-state index contributed by atoms with van der Waals surface area (Å²) in [4.78, 5) is 24.3. The van der Waals surface area contributed by atoms with Gasteiger partial charge >= 0.3 is 5.97 Å². The lowest BCUT2D eigenvalue weighted by molar-refractivity contribution is -0.141. The molecule has 0 bridgehead atoms. The highest BCUT2D eigenvalue weighted by Crippen LogP contribution is 2.27. The molecule has 0 heterocycles. The fourth-order valence-corrected chi connectivity index (χ4v) is 1.86. The van der Waals surface area contributed by atoms with Crippen LogP contribution in [0.3, 0.4) is 0 Å². The molecule has 0 fully saturated rings. The first-order valence-corrected chi connectivity index (χ1v) is 7.08. The van der Waals surface area contributed by atoms with Gasteiger partial charge in [-0.3, -0.25) is 9.59 Å². The van der Waals surface area contributed by atoms with Crippen molar-refractivity contribution in [2.24, 2.45) is 0 Å². The predicted octanol–water partition coefficient (Wildman–Crippen LogP) is 2.78. The first-order valence-electron chi connectivity index (χ1n) is 6.32. The SMILES string of the molecule is COC(=O)CCCN(C)C(=O)COc1cc(Cl)ccc1Cl. The van der Waals surface area contributed by atoms with Crippen LogP contribution in [0.2, 0.25) is 10.0 Å². The second-order valence-corrected chi connectivity index (χ2v) is 5.20. The number of carbonyl (C=O) groups excluding carboxylic acids is 2. The zero-order valence-corrected chi connectivity index (χ0v) is 13.4. The van der Waals surface area contributed by atoms with Crippen LogP contribution in [-0.2, 0) is 14.3 Å². The Labute approximate surface area is 133 Å². The van der Waals surface area contributed by atoms with E-state index in [1.807, 2.05) is 0 Å². The normalized spacial score (nSPS) is 10.1. The molecule has 0 radical (unpaired) electrons. The molecule has 0 spiro atoms. The zero-order chi connectivity index (χ0) is 15.8. The van der Waals surface area contributed by atoms with Crippen LogP contribution in [0.5, 0.6) is 5.75 Å². The van der Waals surface area contributed by atoms with E-state index < -0.39 is 0 Å². The molecule has 0 aromatic heterocycles. The van der Waals surface area contributed by atoms with Crippen molar-refractivity contribution >= 4 is 35.1 Å². The molecular formula is C14H17Cl2NO4. The number of carbonyl (C=O) groups is 2. The minimum atomic E-state index is -0.294. The monoisotopic (exact) mass is 333 g/mol. The van der Waals surface area contributed by atoms with Crippen LogP contribution in [0.25, 0.3) is 0 Å². The van der Waals surface area contributed by atoms with Gasteiger partial charge in [0.1, 0.15) is 5.75 Å². The standard InChI is InChI=1S/C14H17Cl2NO4/c1-17(7-3-4-14(19)20-2)13(18)9-21-12-8-10(15)5-6-11(12)16/h5-6,8H,3-4,7,9H2,1-2H3. The molecule has 1 rings (SSSR count). The summed E-state index contributed by atoms with van der Waals surface area (Å²) in [6.07, 6.45) is 0.807. The molecular weight excluding hydrogens is 317 g/mol. The van der Waals surface area contributed by atoms with E-state index in [9.17, 15) is 9.59 Å². The van der Waals surface area contributed by atoms with E-state index >= 15 is 0 Å². The molecule has 116 valence electrons. The summed E-state index contributed by atoms with van der Waals surface area (Å²) in [6, 6.07) is 4.79. The quantitative estimate of drug-likeness (QED) is 0.720. The van der Waals surface area contributed by atoms with E-state index in [1.54, 1.807) is 25.2 Å². The van der Waals surface area contributed by atoms with Crippen molar-refractivity contribution in [1.29, 1.82) is 0 Å². The summed E-state index contributed by atoms with van der Waals surface area (Å²) in [5, 5.41) is 0.869. The Morgan fingerprint density at radius 1 is 1.29 bits per heavy atom. The molecule has 0 saturated heterocycles. The molecule has 0 saturated carbocycles. The molecule has 0 aliphatic heterocycles. The molecule has 0 N–H and O–H groups in total. The molecule has 0 atom stereocenters. The fraction of sp³-hybridized carbons (Fsp3) is 0.429. The second-order valence-electron chi connectivity index (χ2n) is 4.36. The molecule has 21 heavy (non-hydrogen) atoms.